The van der Waals surface area contributed by atoms with E-state index >= 15 is 0 Å². The highest BCUT2D eigenvalue weighted by Crippen LogP contribution is 2.31. The van der Waals surface area contributed by atoms with E-state index in [0.29, 0.717) is 22.0 Å². The van der Waals surface area contributed by atoms with Crippen molar-refractivity contribution in [3.63, 3.8) is 0 Å². The van der Waals surface area contributed by atoms with Gasteiger partial charge in [0.25, 0.3) is 17.1 Å². The highest BCUT2D eigenvalue weighted by atomic mass is 35.5. The summed E-state index contributed by atoms with van der Waals surface area (Å²) in [6, 6.07) is 18.2. The number of hydrogen-bond donors (Lipinski definition) is 2. The number of carbonyl (C=O) groups is 3. The van der Waals surface area contributed by atoms with Gasteiger partial charge in [-0.3, -0.25) is 19.7 Å². The van der Waals surface area contributed by atoms with Gasteiger partial charge in [-0.05, 0) is 47.5 Å². The van der Waals surface area contributed by atoms with Crippen molar-refractivity contribution in [1.29, 1.82) is 0 Å². The Morgan fingerprint density at radius 3 is 2.70 bits per heavy atom. The van der Waals surface area contributed by atoms with Gasteiger partial charge < -0.3 is 10.1 Å². The summed E-state index contributed by atoms with van der Waals surface area (Å²) in [5, 5.41) is 6.99. The van der Waals surface area contributed by atoms with Gasteiger partial charge >= 0.3 is 0 Å². The van der Waals surface area contributed by atoms with Gasteiger partial charge in [0.15, 0.2) is 6.61 Å². The molecule has 0 spiro atoms. The molecule has 1 aliphatic rings. The summed E-state index contributed by atoms with van der Waals surface area (Å²) in [5.41, 5.74) is 1.19. The monoisotopic (exact) mass is 438 g/mol. The van der Waals surface area contributed by atoms with Gasteiger partial charge in [-0.2, -0.15) is 0 Å². The summed E-state index contributed by atoms with van der Waals surface area (Å²) in [6.45, 7) is -0.237. The average molecular weight is 439 g/mol. The molecule has 0 saturated carbocycles. The van der Waals surface area contributed by atoms with Crippen LogP contribution in [-0.4, -0.2) is 23.7 Å². The first-order chi connectivity index (χ1) is 14.5. The minimum Gasteiger partial charge on any atom is -0.483 e. The average Bonchev–Trinajstić information content (AvgIpc) is 3.04. The van der Waals surface area contributed by atoms with Crippen molar-refractivity contribution < 1.29 is 19.1 Å². The molecule has 1 aliphatic heterocycles. The Morgan fingerprint density at radius 2 is 1.90 bits per heavy atom. The van der Waals surface area contributed by atoms with Crippen LogP contribution in [0.1, 0.15) is 5.56 Å². The molecule has 6 nitrogen and oxygen atoms in total. The quantitative estimate of drug-likeness (QED) is 0.557. The molecule has 3 amide bonds. The Morgan fingerprint density at radius 1 is 1.10 bits per heavy atom. The summed E-state index contributed by atoms with van der Waals surface area (Å²) in [4.78, 5) is 35.9. The van der Waals surface area contributed by atoms with Crippen LogP contribution in [0.25, 0.3) is 16.8 Å². The first-order valence-electron chi connectivity index (χ1n) is 8.94. The lowest BCUT2D eigenvalue weighted by Crippen LogP contribution is -2.20. The molecule has 2 N–H and O–H groups in total. The molecule has 0 radical (unpaired) electrons. The van der Waals surface area contributed by atoms with E-state index < -0.39 is 11.1 Å². The standard InChI is InChI=1S/C22H15ClN2O4S/c23-15-8-9-18(14(10-15)11-19-21(27)25-22(28)30-19)29-12-20(26)24-17-7-3-5-13-4-1-2-6-16(13)17/h1-11H,12H2,(H,24,26)(H,25,27,28)/b19-11-. The van der Waals surface area contributed by atoms with Gasteiger partial charge in [0, 0.05) is 21.7 Å². The fourth-order valence-corrected chi connectivity index (χ4v) is 3.84. The molecule has 8 heteroatoms. The van der Waals surface area contributed by atoms with Gasteiger partial charge in [0.2, 0.25) is 0 Å². The summed E-state index contributed by atoms with van der Waals surface area (Å²) >= 11 is 6.85. The fraction of sp³-hybridized carbons (Fsp3) is 0.0455. The number of rotatable bonds is 5. The zero-order valence-electron chi connectivity index (χ0n) is 15.5. The molecule has 30 heavy (non-hydrogen) atoms. The number of fused-ring (bicyclic) bond motifs is 1. The molecule has 150 valence electrons. The summed E-state index contributed by atoms with van der Waals surface area (Å²) < 4.78 is 5.67. The SMILES string of the molecule is O=C(COc1ccc(Cl)cc1/C=C1\SC(=O)NC1=O)Nc1cccc2ccccc12. The van der Waals surface area contributed by atoms with Crippen LogP contribution >= 0.6 is 23.4 Å². The highest BCUT2D eigenvalue weighted by molar-refractivity contribution is 8.18. The maximum atomic E-state index is 12.5. The van der Waals surface area contributed by atoms with E-state index in [1.807, 2.05) is 42.5 Å². The number of hydrogen-bond acceptors (Lipinski definition) is 5. The first kappa shape index (κ1) is 20.0. The first-order valence-corrected chi connectivity index (χ1v) is 10.1. The van der Waals surface area contributed by atoms with Crippen LogP contribution in [0.4, 0.5) is 10.5 Å². The van der Waals surface area contributed by atoms with Crippen molar-refractivity contribution in [3.05, 3.63) is 76.2 Å². The number of thioether (sulfide) groups is 1. The molecule has 0 aromatic heterocycles. The number of amides is 3. The zero-order chi connectivity index (χ0) is 21.1. The Balaban J connectivity index is 1.50. The second-order valence-electron chi connectivity index (χ2n) is 6.40. The van der Waals surface area contributed by atoms with Crippen LogP contribution in [0.15, 0.2) is 65.6 Å². The molecular formula is C22H15ClN2O4S. The molecule has 1 heterocycles. The van der Waals surface area contributed by atoms with E-state index in [0.717, 1.165) is 22.5 Å². The molecule has 1 saturated heterocycles. The van der Waals surface area contributed by atoms with Crippen molar-refractivity contribution in [2.75, 3.05) is 11.9 Å². The second-order valence-corrected chi connectivity index (χ2v) is 7.85. The minimum absolute atomic E-state index is 0.229. The number of carbonyl (C=O) groups excluding carboxylic acids is 3. The number of imide groups is 1. The van der Waals surface area contributed by atoms with Crippen LogP contribution < -0.4 is 15.4 Å². The number of nitrogens with one attached hydrogen (secondary N) is 2. The highest BCUT2D eigenvalue weighted by Gasteiger charge is 2.25. The van der Waals surface area contributed by atoms with Crippen molar-refractivity contribution in [3.8, 4) is 5.75 Å². The van der Waals surface area contributed by atoms with Gasteiger partial charge in [0.1, 0.15) is 5.75 Å². The lowest BCUT2D eigenvalue weighted by molar-refractivity contribution is -0.118. The van der Waals surface area contributed by atoms with E-state index in [4.69, 9.17) is 16.3 Å². The number of anilines is 1. The van der Waals surface area contributed by atoms with E-state index in [1.54, 1.807) is 18.2 Å². The predicted octanol–water partition coefficient (Wildman–Crippen LogP) is 4.83. The smallest absolute Gasteiger partial charge is 0.290 e. The largest absolute Gasteiger partial charge is 0.483 e. The lowest BCUT2D eigenvalue weighted by Gasteiger charge is -2.12. The number of ether oxygens (including phenoxy) is 1. The van der Waals surface area contributed by atoms with E-state index in [-0.39, 0.29) is 17.4 Å². The van der Waals surface area contributed by atoms with Crippen molar-refractivity contribution >= 4 is 63.0 Å². The molecular weight excluding hydrogens is 424 g/mol. The maximum absolute atomic E-state index is 12.5. The third kappa shape index (κ3) is 4.48. The van der Waals surface area contributed by atoms with Gasteiger partial charge in [-0.15, -0.1) is 0 Å². The summed E-state index contributed by atoms with van der Waals surface area (Å²) in [6.07, 6.45) is 1.51. The van der Waals surface area contributed by atoms with Crippen LogP contribution in [0, 0.1) is 0 Å². The predicted molar refractivity (Wildman–Crippen MR) is 119 cm³/mol. The van der Waals surface area contributed by atoms with Crippen molar-refractivity contribution in [2.24, 2.45) is 0 Å². The summed E-state index contributed by atoms with van der Waals surface area (Å²) in [5.74, 6) is -0.444. The fourth-order valence-electron chi connectivity index (χ4n) is 2.99. The third-order valence-corrected chi connectivity index (χ3v) is 5.37. The number of benzene rings is 3. The minimum atomic E-state index is -0.482. The maximum Gasteiger partial charge on any atom is 0.290 e. The molecule has 0 bridgehead atoms. The normalized spacial score (nSPS) is 14.8. The van der Waals surface area contributed by atoms with E-state index in [1.165, 1.54) is 6.08 Å². The molecule has 0 unspecified atom stereocenters. The third-order valence-electron chi connectivity index (χ3n) is 4.32. The molecule has 1 fully saturated rings. The van der Waals surface area contributed by atoms with Gasteiger partial charge in [-0.25, -0.2) is 0 Å². The van der Waals surface area contributed by atoms with E-state index in [9.17, 15) is 14.4 Å². The Bertz CT molecular complexity index is 1200. The molecule has 3 aromatic carbocycles. The van der Waals surface area contributed by atoms with Gasteiger partial charge in [-0.1, -0.05) is 48.0 Å². The number of halogens is 1. The lowest BCUT2D eigenvalue weighted by atomic mass is 10.1. The Kier molecular flexibility index (Phi) is 5.74. The molecule has 4 rings (SSSR count). The van der Waals surface area contributed by atoms with Crippen LogP contribution in [0.5, 0.6) is 5.75 Å². The topological polar surface area (TPSA) is 84.5 Å². The zero-order valence-corrected chi connectivity index (χ0v) is 17.0. The van der Waals surface area contributed by atoms with Crippen LogP contribution in [0.3, 0.4) is 0 Å². The molecule has 3 aromatic rings. The second kappa shape index (κ2) is 8.61. The van der Waals surface area contributed by atoms with E-state index in [2.05, 4.69) is 10.6 Å². The van der Waals surface area contributed by atoms with Crippen molar-refractivity contribution in [1.82, 2.24) is 5.32 Å². The van der Waals surface area contributed by atoms with Crippen LogP contribution in [0.2, 0.25) is 5.02 Å². The van der Waals surface area contributed by atoms with Gasteiger partial charge in [0.05, 0.1) is 4.91 Å². The Labute approximate surface area is 181 Å². The Hall–Kier alpha value is -3.29. The molecule has 0 atom stereocenters. The van der Waals surface area contributed by atoms with Crippen molar-refractivity contribution in [2.45, 2.75) is 0 Å². The molecule has 0 aliphatic carbocycles. The van der Waals surface area contributed by atoms with Crippen LogP contribution in [-0.2, 0) is 9.59 Å². The summed E-state index contributed by atoms with van der Waals surface area (Å²) in [7, 11) is 0.